The number of nitrogens with zero attached hydrogens (tertiary/aromatic N) is 1. The third kappa shape index (κ3) is 3.68. The molecule has 0 fully saturated rings. The molecule has 0 aliphatic carbocycles. The Hall–Kier alpha value is -1.66. The lowest BCUT2D eigenvalue weighted by Crippen LogP contribution is -2.27. The predicted molar refractivity (Wildman–Crippen MR) is 66.9 cm³/mol. The van der Waals surface area contributed by atoms with Gasteiger partial charge in [-0.3, -0.25) is 14.9 Å². The normalized spacial score (nSPS) is 10.1. The summed E-state index contributed by atoms with van der Waals surface area (Å²) < 4.78 is 5.05. The van der Waals surface area contributed by atoms with Crippen LogP contribution < -0.4 is 5.32 Å². The van der Waals surface area contributed by atoms with E-state index >= 15 is 0 Å². The fraction of sp³-hybridized carbons (Fsp3) is 0.364. The second-order valence-electron chi connectivity index (χ2n) is 3.35. The molecule has 1 N–H and O–H groups in total. The van der Waals surface area contributed by atoms with Gasteiger partial charge in [0.15, 0.2) is 0 Å². The van der Waals surface area contributed by atoms with Crippen LogP contribution in [-0.2, 0) is 4.74 Å². The van der Waals surface area contributed by atoms with Crippen molar-refractivity contribution in [3.05, 3.63) is 38.9 Å². The van der Waals surface area contributed by atoms with Crippen molar-refractivity contribution < 1.29 is 14.5 Å². The molecule has 0 saturated heterocycles. The molecule has 1 aromatic rings. The van der Waals surface area contributed by atoms with Gasteiger partial charge in [-0.25, -0.2) is 0 Å². The number of nitro groups is 1. The van der Waals surface area contributed by atoms with Crippen molar-refractivity contribution >= 4 is 23.2 Å². The van der Waals surface area contributed by atoms with E-state index < -0.39 is 10.8 Å². The highest BCUT2D eigenvalue weighted by Crippen LogP contribution is 2.27. The van der Waals surface area contributed by atoms with Gasteiger partial charge in [-0.15, -0.1) is 0 Å². The molecule has 0 heterocycles. The summed E-state index contributed by atoms with van der Waals surface area (Å²) in [5.74, 6) is -0.538. The molecule has 1 amide bonds. The molecule has 0 aromatic heterocycles. The zero-order valence-electron chi connectivity index (χ0n) is 9.81. The first kappa shape index (κ1) is 14.4. The maximum Gasteiger partial charge on any atom is 0.300 e. The Bertz CT molecular complexity index is 451. The van der Waals surface area contributed by atoms with Crippen LogP contribution in [0.5, 0.6) is 0 Å². The molecule has 0 aliphatic rings. The van der Waals surface area contributed by atoms with E-state index in [0.717, 1.165) is 0 Å². The number of nitrogens with one attached hydrogen (secondary N) is 1. The summed E-state index contributed by atoms with van der Waals surface area (Å²) in [6.07, 6.45) is 0. The van der Waals surface area contributed by atoms with E-state index in [2.05, 4.69) is 5.32 Å². The van der Waals surface area contributed by atoms with Crippen LogP contribution in [-0.4, -0.2) is 30.6 Å². The van der Waals surface area contributed by atoms with Crippen LogP contribution >= 0.6 is 11.6 Å². The van der Waals surface area contributed by atoms with Gasteiger partial charge < -0.3 is 10.1 Å². The van der Waals surface area contributed by atoms with Gasteiger partial charge in [0.05, 0.1) is 11.5 Å². The number of amides is 1. The number of hydrogen-bond donors (Lipinski definition) is 1. The lowest BCUT2D eigenvalue weighted by Gasteiger charge is -2.06. The third-order valence-electron chi connectivity index (χ3n) is 2.15. The van der Waals surface area contributed by atoms with E-state index in [1.807, 2.05) is 6.92 Å². The Morgan fingerprint density at radius 2 is 2.28 bits per heavy atom. The van der Waals surface area contributed by atoms with Crippen molar-refractivity contribution in [1.29, 1.82) is 0 Å². The van der Waals surface area contributed by atoms with Crippen molar-refractivity contribution in [1.82, 2.24) is 5.32 Å². The zero-order valence-corrected chi connectivity index (χ0v) is 10.6. The predicted octanol–water partition coefficient (Wildman–Crippen LogP) is 2.01. The average molecular weight is 273 g/mol. The van der Waals surface area contributed by atoms with Gasteiger partial charge in [-0.2, -0.15) is 0 Å². The number of halogens is 1. The van der Waals surface area contributed by atoms with Gasteiger partial charge in [0, 0.05) is 13.2 Å². The minimum atomic E-state index is -0.667. The Balaban J connectivity index is 2.79. The van der Waals surface area contributed by atoms with Crippen LogP contribution in [0.1, 0.15) is 17.3 Å². The summed E-state index contributed by atoms with van der Waals surface area (Å²) in [6, 6.07) is 4.23. The summed E-state index contributed by atoms with van der Waals surface area (Å²) in [5.41, 5.74) is -0.433. The number of rotatable bonds is 6. The standard InChI is InChI=1S/C11H13ClN2O4/c1-2-18-7-6-13-11(15)8-4-3-5-9(12)10(8)14(16)17/h3-5H,2,6-7H2,1H3,(H,13,15). The Morgan fingerprint density at radius 3 is 2.89 bits per heavy atom. The summed E-state index contributed by atoms with van der Waals surface area (Å²) >= 11 is 5.71. The molecule has 1 aromatic carbocycles. The smallest absolute Gasteiger partial charge is 0.300 e. The largest absolute Gasteiger partial charge is 0.380 e. The monoisotopic (exact) mass is 272 g/mol. The van der Waals surface area contributed by atoms with Crippen LogP contribution in [0.3, 0.4) is 0 Å². The highest BCUT2D eigenvalue weighted by molar-refractivity contribution is 6.33. The Morgan fingerprint density at radius 1 is 1.56 bits per heavy atom. The van der Waals surface area contributed by atoms with Gasteiger partial charge in [-0.05, 0) is 19.1 Å². The molecule has 98 valence electrons. The van der Waals surface area contributed by atoms with Crippen LogP contribution in [0, 0.1) is 10.1 Å². The van der Waals surface area contributed by atoms with Crippen molar-refractivity contribution in [2.24, 2.45) is 0 Å². The summed E-state index contributed by atoms with van der Waals surface area (Å²) in [7, 11) is 0. The first-order chi connectivity index (χ1) is 8.57. The molecule has 7 heteroatoms. The molecule has 18 heavy (non-hydrogen) atoms. The molecule has 0 unspecified atom stereocenters. The van der Waals surface area contributed by atoms with Gasteiger partial charge in [0.1, 0.15) is 10.6 Å². The molecule has 0 radical (unpaired) electrons. The number of benzene rings is 1. The summed E-state index contributed by atoms with van der Waals surface area (Å²) in [4.78, 5) is 21.9. The van der Waals surface area contributed by atoms with Gasteiger partial charge in [-0.1, -0.05) is 17.7 Å². The second kappa shape index (κ2) is 6.93. The van der Waals surface area contributed by atoms with Crippen LogP contribution in [0.15, 0.2) is 18.2 Å². The van der Waals surface area contributed by atoms with Crippen molar-refractivity contribution in [2.45, 2.75) is 6.92 Å². The van der Waals surface area contributed by atoms with Crippen LogP contribution in [0.25, 0.3) is 0 Å². The molecule has 0 saturated carbocycles. The highest BCUT2D eigenvalue weighted by atomic mass is 35.5. The van der Waals surface area contributed by atoms with Gasteiger partial charge in [0.2, 0.25) is 0 Å². The molecule has 1 rings (SSSR count). The molecule has 0 spiro atoms. The van der Waals surface area contributed by atoms with Crippen LogP contribution in [0.4, 0.5) is 5.69 Å². The SMILES string of the molecule is CCOCCNC(=O)c1cccc(Cl)c1[N+](=O)[O-]. The third-order valence-corrected chi connectivity index (χ3v) is 2.46. The first-order valence-electron chi connectivity index (χ1n) is 5.36. The summed E-state index contributed by atoms with van der Waals surface area (Å²) in [6.45, 7) is 3.03. The van der Waals surface area contributed by atoms with Crippen molar-refractivity contribution in [3.63, 3.8) is 0 Å². The molecule has 6 nitrogen and oxygen atoms in total. The molecule has 0 aliphatic heterocycles. The average Bonchev–Trinajstić information content (AvgIpc) is 2.33. The number of nitro benzene ring substituents is 1. The number of carbonyl (C=O) groups excluding carboxylic acids is 1. The van der Waals surface area contributed by atoms with E-state index in [1.165, 1.54) is 18.2 Å². The zero-order chi connectivity index (χ0) is 13.5. The fourth-order valence-corrected chi connectivity index (χ4v) is 1.60. The maximum atomic E-state index is 11.8. The van der Waals surface area contributed by atoms with Crippen LogP contribution in [0.2, 0.25) is 5.02 Å². The quantitative estimate of drug-likeness (QED) is 0.488. The Labute approximate surface area is 109 Å². The fourth-order valence-electron chi connectivity index (χ4n) is 1.36. The van der Waals surface area contributed by atoms with E-state index in [4.69, 9.17) is 16.3 Å². The number of para-hydroxylation sites is 1. The van der Waals surface area contributed by atoms with E-state index in [9.17, 15) is 14.9 Å². The number of ether oxygens (including phenoxy) is 1. The lowest BCUT2D eigenvalue weighted by atomic mass is 10.1. The molecule has 0 atom stereocenters. The minimum Gasteiger partial charge on any atom is -0.380 e. The molecular weight excluding hydrogens is 260 g/mol. The lowest BCUT2D eigenvalue weighted by molar-refractivity contribution is -0.385. The van der Waals surface area contributed by atoms with Crippen molar-refractivity contribution in [3.8, 4) is 0 Å². The van der Waals surface area contributed by atoms with E-state index in [0.29, 0.717) is 13.2 Å². The van der Waals surface area contributed by atoms with E-state index in [1.54, 1.807) is 0 Å². The van der Waals surface area contributed by atoms with Crippen molar-refractivity contribution in [2.75, 3.05) is 19.8 Å². The minimum absolute atomic E-state index is 0.0519. The Kier molecular flexibility index (Phi) is 5.54. The number of carbonyl (C=O) groups is 1. The highest BCUT2D eigenvalue weighted by Gasteiger charge is 2.23. The second-order valence-corrected chi connectivity index (χ2v) is 3.75. The van der Waals surface area contributed by atoms with E-state index in [-0.39, 0.29) is 22.8 Å². The summed E-state index contributed by atoms with van der Waals surface area (Å²) in [5, 5.41) is 13.3. The first-order valence-corrected chi connectivity index (χ1v) is 5.74. The molecular formula is C11H13ClN2O4. The topological polar surface area (TPSA) is 81.5 Å². The van der Waals surface area contributed by atoms with Gasteiger partial charge in [0.25, 0.3) is 5.91 Å². The number of hydrogen-bond acceptors (Lipinski definition) is 4. The maximum absolute atomic E-state index is 11.8. The van der Waals surface area contributed by atoms with Gasteiger partial charge >= 0.3 is 5.69 Å². The molecule has 0 bridgehead atoms.